The molecule has 0 radical (unpaired) electrons. The molecule has 0 atom stereocenters. The summed E-state index contributed by atoms with van der Waals surface area (Å²) in [5.74, 6) is 0.673. The quantitative estimate of drug-likeness (QED) is 0.845. The van der Waals surface area contributed by atoms with Crippen LogP contribution in [0.2, 0.25) is 0 Å². The summed E-state index contributed by atoms with van der Waals surface area (Å²) < 4.78 is 0. The van der Waals surface area contributed by atoms with Crippen LogP contribution in [0.15, 0.2) is 0 Å². The van der Waals surface area contributed by atoms with E-state index >= 15 is 0 Å². The summed E-state index contributed by atoms with van der Waals surface area (Å²) in [4.78, 5) is 8.28. The third kappa shape index (κ3) is 3.68. The van der Waals surface area contributed by atoms with Gasteiger partial charge in [-0.25, -0.2) is 4.98 Å². The number of hydrogen-bond acceptors (Lipinski definition) is 4. The van der Waals surface area contributed by atoms with E-state index in [1.165, 1.54) is 23.4 Å². The van der Waals surface area contributed by atoms with Gasteiger partial charge in [-0.1, -0.05) is 13.8 Å². The van der Waals surface area contributed by atoms with E-state index in [-0.39, 0.29) is 0 Å². The topological polar surface area (TPSA) is 28.2 Å². The van der Waals surface area contributed by atoms with Gasteiger partial charge in [-0.05, 0) is 25.2 Å². The van der Waals surface area contributed by atoms with E-state index in [1.54, 1.807) is 0 Å². The predicted molar refractivity (Wildman–Crippen MR) is 74.8 cm³/mol. The third-order valence-electron chi connectivity index (χ3n) is 2.88. The lowest BCUT2D eigenvalue weighted by Gasteiger charge is -2.06. The van der Waals surface area contributed by atoms with Crippen LogP contribution in [0.5, 0.6) is 0 Å². The zero-order valence-corrected chi connectivity index (χ0v) is 12.1. The molecule has 1 aliphatic carbocycles. The van der Waals surface area contributed by atoms with Crippen LogP contribution in [-0.4, -0.2) is 25.1 Å². The Balaban J connectivity index is 2.07. The Morgan fingerprint density at radius 2 is 2.12 bits per heavy atom. The fraction of sp³-hybridized carbons (Fsp3) is 0.769. The van der Waals surface area contributed by atoms with Gasteiger partial charge < -0.3 is 10.2 Å². The molecular weight excluding hydrogens is 230 g/mol. The molecule has 0 amide bonds. The van der Waals surface area contributed by atoms with Crippen molar-refractivity contribution in [3.63, 3.8) is 0 Å². The first kappa shape index (κ1) is 12.8. The molecule has 1 fully saturated rings. The smallest absolute Gasteiger partial charge is 0.185 e. The Morgan fingerprint density at radius 1 is 1.41 bits per heavy atom. The van der Waals surface area contributed by atoms with Crippen LogP contribution in [0.25, 0.3) is 0 Å². The van der Waals surface area contributed by atoms with Gasteiger partial charge in [-0.15, -0.1) is 11.3 Å². The summed E-state index contributed by atoms with van der Waals surface area (Å²) in [6, 6.07) is 0.770. The van der Waals surface area contributed by atoms with Gasteiger partial charge in [-0.2, -0.15) is 0 Å². The highest BCUT2D eigenvalue weighted by Crippen LogP contribution is 2.28. The van der Waals surface area contributed by atoms with E-state index in [0.717, 1.165) is 24.1 Å². The van der Waals surface area contributed by atoms with E-state index in [2.05, 4.69) is 38.2 Å². The summed E-state index contributed by atoms with van der Waals surface area (Å²) in [5.41, 5.74) is 1.29. The Bertz CT molecular complexity index is 367. The monoisotopic (exact) mass is 253 g/mol. The van der Waals surface area contributed by atoms with Crippen LogP contribution in [0, 0.1) is 5.92 Å². The number of thiazole rings is 1. The zero-order chi connectivity index (χ0) is 12.4. The van der Waals surface area contributed by atoms with Crippen LogP contribution in [-0.2, 0) is 13.0 Å². The van der Waals surface area contributed by atoms with Crippen LogP contribution in [0.1, 0.15) is 37.3 Å². The van der Waals surface area contributed by atoms with Gasteiger partial charge in [0.15, 0.2) is 5.13 Å². The van der Waals surface area contributed by atoms with Crippen LogP contribution in [0.4, 0.5) is 5.13 Å². The van der Waals surface area contributed by atoms with Crippen LogP contribution in [0.3, 0.4) is 0 Å². The molecule has 3 nitrogen and oxygen atoms in total. The van der Waals surface area contributed by atoms with Crippen molar-refractivity contribution in [3.8, 4) is 0 Å². The van der Waals surface area contributed by atoms with Crippen LogP contribution < -0.4 is 10.2 Å². The van der Waals surface area contributed by atoms with Crippen molar-refractivity contribution in [2.24, 2.45) is 5.92 Å². The molecule has 0 aliphatic heterocycles. The van der Waals surface area contributed by atoms with E-state index in [0.29, 0.717) is 5.92 Å². The lowest BCUT2D eigenvalue weighted by Crippen LogP contribution is -2.15. The molecule has 1 heterocycles. The SMILES string of the molecule is CC(C)Cc1nc(N(C)C)sc1CNC1CC1. The number of rotatable bonds is 6. The van der Waals surface area contributed by atoms with Crippen molar-refractivity contribution in [3.05, 3.63) is 10.6 Å². The fourth-order valence-electron chi connectivity index (χ4n) is 1.77. The number of nitrogens with zero attached hydrogens (tertiary/aromatic N) is 2. The second-order valence-corrected chi connectivity index (χ2v) is 6.58. The van der Waals surface area contributed by atoms with E-state index in [4.69, 9.17) is 4.98 Å². The van der Waals surface area contributed by atoms with Gasteiger partial charge in [0.1, 0.15) is 0 Å². The molecule has 0 saturated heterocycles. The summed E-state index contributed by atoms with van der Waals surface area (Å²) in [6.07, 6.45) is 3.78. The minimum absolute atomic E-state index is 0.673. The molecule has 0 aromatic carbocycles. The summed E-state index contributed by atoms with van der Waals surface area (Å²) >= 11 is 1.83. The first-order valence-corrected chi connectivity index (χ1v) is 7.27. The van der Waals surface area contributed by atoms with Crippen molar-refractivity contribution >= 4 is 16.5 Å². The van der Waals surface area contributed by atoms with Crippen molar-refractivity contribution in [2.45, 2.75) is 45.7 Å². The predicted octanol–water partition coefficient (Wildman–Crippen LogP) is 2.66. The number of hydrogen-bond donors (Lipinski definition) is 1. The van der Waals surface area contributed by atoms with E-state index in [9.17, 15) is 0 Å². The fourth-order valence-corrected chi connectivity index (χ4v) is 2.73. The van der Waals surface area contributed by atoms with Crippen molar-refractivity contribution in [1.82, 2.24) is 10.3 Å². The molecule has 96 valence electrons. The molecule has 1 saturated carbocycles. The van der Waals surface area contributed by atoms with Gasteiger partial charge in [-0.3, -0.25) is 0 Å². The molecule has 0 spiro atoms. The average Bonchev–Trinajstić information content (AvgIpc) is 2.97. The normalized spacial score (nSPS) is 15.6. The maximum absolute atomic E-state index is 4.75. The second kappa shape index (κ2) is 5.36. The summed E-state index contributed by atoms with van der Waals surface area (Å²) in [7, 11) is 4.13. The highest BCUT2D eigenvalue weighted by molar-refractivity contribution is 7.15. The molecule has 2 rings (SSSR count). The highest BCUT2D eigenvalue weighted by Gasteiger charge is 2.22. The van der Waals surface area contributed by atoms with Gasteiger partial charge in [0.25, 0.3) is 0 Å². The first-order chi connectivity index (χ1) is 8.06. The van der Waals surface area contributed by atoms with Gasteiger partial charge in [0.2, 0.25) is 0 Å². The van der Waals surface area contributed by atoms with Crippen LogP contribution >= 0.6 is 11.3 Å². The summed E-state index contributed by atoms with van der Waals surface area (Å²) in [5, 5.41) is 4.72. The Morgan fingerprint density at radius 3 is 2.65 bits per heavy atom. The molecule has 4 heteroatoms. The molecule has 0 unspecified atom stereocenters. The molecule has 1 aromatic heterocycles. The number of nitrogens with one attached hydrogen (secondary N) is 1. The maximum atomic E-state index is 4.75. The molecule has 1 aromatic rings. The van der Waals surface area contributed by atoms with Crippen molar-refractivity contribution in [1.29, 1.82) is 0 Å². The third-order valence-corrected chi connectivity index (χ3v) is 4.15. The largest absolute Gasteiger partial charge is 0.354 e. The Labute approximate surface area is 108 Å². The van der Waals surface area contributed by atoms with Gasteiger partial charge in [0.05, 0.1) is 5.69 Å². The van der Waals surface area contributed by atoms with E-state index < -0.39 is 0 Å². The standard InChI is InChI=1S/C13H23N3S/c1-9(2)7-11-12(8-14-10-5-6-10)17-13(15-11)16(3)4/h9-10,14H,5-8H2,1-4H3. The summed E-state index contributed by atoms with van der Waals surface area (Å²) in [6.45, 7) is 5.51. The lowest BCUT2D eigenvalue weighted by molar-refractivity contribution is 0.623. The molecular formula is C13H23N3S. The van der Waals surface area contributed by atoms with E-state index in [1.807, 2.05) is 11.3 Å². The molecule has 1 aliphatic rings. The molecule has 1 N–H and O–H groups in total. The molecule has 17 heavy (non-hydrogen) atoms. The molecule has 0 bridgehead atoms. The van der Waals surface area contributed by atoms with Gasteiger partial charge in [0, 0.05) is 31.6 Å². The maximum Gasteiger partial charge on any atom is 0.185 e. The Hall–Kier alpha value is -0.610. The van der Waals surface area contributed by atoms with Crippen molar-refractivity contribution in [2.75, 3.05) is 19.0 Å². The highest BCUT2D eigenvalue weighted by atomic mass is 32.1. The second-order valence-electron chi connectivity index (χ2n) is 5.51. The van der Waals surface area contributed by atoms with Crippen molar-refractivity contribution < 1.29 is 0 Å². The minimum Gasteiger partial charge on any atom is -0.354 e. The first-order valence-electron chi connectivity index (χ1n) is 6.45. The Kier molecular flexibility index (Phi) is 4.05. The minimum atomic E-state index is 0.673. The van der Waals surface area contributed by atoms with Gasteiger partial charge >= 0.3 is 0 Å². The number of aromatic nitrogens is 1. The number of anilines is 1. The zero-order valence-electron chi connectivity index (χ0n) is 11.3. The lowest BCUT2D eigenvalue weighted by atomic mass is 10.1. The average molecular weight is 253 g/mol.